The first-order valence-electron chi connectivity index (χ1n) is 4.32. The van der Waals surface area contributed by atoms with Crippen molar-refractivity contribution in [2.45, 2.75) is 39.5 Å². The van der Waals surface area contributed by atoms with Crippen molar-refractivity contribution < 1.29 is 14.8 Å². The highest BCUT2D eigenvalue weighted by Gasteiger charge is 1.89. The first kappa shape index (κ1) is 10.9. The molecule has 0 aliphatic carbocycles. The van der Waals surface area contributed by atoms with Gasteiger partial charge in [-0.05, 0) is 13.3 Å². The molecule has 0 saturated heterocycles. The standard InChI is InChI=1S/C8H18O3/c1-3-5-6-7-8-10-11-9-4-2/h3-8H2,1-2H3. The van der Waals surface area contributed by atoms with E-state index in [-0.39, 0.29) is 0 Å². The minimum Gasteiger partial charge on any atom is -0.206 e. The van der Waals surface area contributed by atoms with Crippen LogP contribution >= 0.6 is 0 Å². The maximum Gasteiger partial charge on any atom is 0.0853 e. The van der Waals surface area contributed by atoms with E-state index < -0.39 is 0 Å². The lowest BCUT2D eigenvalue weighted by molar-refractivity contribution is -0.511. The fourth-order valence-electron chi connectivity index (χ4n) is 0.704. The van der Waals surface area contributed by atoms with Crippen molar-refractivity contribution in [3.63, 3.8) is 0 Å². The van der Waals surface area contributed by atoms with Crippen LogP contribution in [-0.2, 0) is 14.8 Å². The van der Waals surface area contributed by atoms with Crippen LogP contribution in [0.25, 0.3) is 0 Å². The third kappa shape index (κ3) is 9.88. The molecule has 0 spiro atoms. The molecule has 3 heteroatoms. The van der Waals surface area contributed by atoms with Crippen LogP contribution < -0.4 is 0 Å². The zero-order valence-electron chi connectivity index (χ0n) is 7.47. The third-order valence-corrected chi connectivity index (χ3v) is 1.30. The molecule has 0 radical (unpaired) electrons. The topological polar surface area (TPSA) is 27.7 Å². The van der Waals surface area contributed by atoms with Crippen LogP contribution in [0.5, 0.6) is 0 Å². The Kier molecular flexibility index (Phi) is 9.77. The Bertz CT molecular complexity index is 58.4. The van der Waals surface area contributed by atoms with Crippen LogP contribution in [0.3, 0.4) is 0 Å². The van der Waals surface area contributed by atoms with Gasteiger partial charge in [0.15, 0.2) is 0 Å². The Hall–Kier alpha value is -0.120. The average Bonchev–Trinajstić information content (AvgIpc) is 2.03. The van der Waals surface area contributed by atoms with E-state index in [9.17, 15) is 0 Å². The second-order valence-electron chi connectivity index (χ2n) is 2.36. The lowest BCUT2D eigenvalue weighted by atomic mass is 10.2. The molecule has 0 fully saturated rings. The van der Waals surface area contributed by atoms with Crippen molar-refractivity contribution in [1.82, 2.24) is 0 Å². The smallest absolute Gasteiger partial charge is 0.0853 e. The molecule has 68 valence electrons. The molecule has 11 heavy (non-hydrogen) atoms. The fourth-order valence-corrected chi connectivity index (χ4v) is 0.704. The fraction of sp³-hybridized carbons (Fsp3) is 1.00. The molecule has 0 bridgehead atoms. The SMILES string of the molecule is CCCCCCOOOCC. The minimum absolute atomic E-state index is 0.523. The van der Waals surface area contributed by atoms with Gasteiger partial charge < -0.3 is 0 Å². The molecule has 0 heterocycles. The summed E-state index contributed by atoms with van der Waals surface area (Å²) < 4.78 is 0. The summed E-state index contributed by atoms with van der Waals surface area (Å²) >= 11 is 0. The summed E-state index contributed by atoms with van der Waals surface area (Å²) in [6.07, 6.45) is 4.75. The van der Waals surface area contributed by atoms with E-state index >= 15 is 0 Å². The van der Waals surface area contributed by atoms with E-state index in [1.807, 2.05) is 6.92 Å². The van der Waals surface area contributed by atoms with Crippen LogP contribution in [0.1, 0.15) is 39.5 Å². The second-order valence-corrected chi connectivity index (χ2v) is 2.36. The molecule has 3 nitrogen and oxygen atoms in total. The van der Waals surface area contributed by atoms with Crippen LogP contribution in [0, 0.1) is 0 Å². The lowest BCUT2D eigenvalue weighted by Crippen LogP contribution is -1.97. The van der Waals surface area contributed by atoms with Gasteiger partial charge in [0.1, 0.15) is 0 Å². The number of hydrogen-bond donors (Lipinski definition) is 0. The van der Waals surface area contributed by atoms with Crippen molar-refractivity contribution in [2.75, 3.05) is 13.2 Å². The molecular weight excluding hydrogens is 144 g/mol. The highest BCUT2D eigenvalue weighted by Crippen LogP contribution is 1.98. The molecule has 0 atom stereocenters. The van der Waals surface area contributed by atoms with Crippen LogP contribution in [0.4, 0.5) is 0 Å². The Labute approximate surface area is 68.5 Å². The van der Waals surface area contributed by atoms with Gasteiger partial charge in [-0.1, -0.05) is 31.2 Å². The number of rotatable bonds is 8. The summed E-state index contributed by atoms with van der Waals surface area (Å²) in [5.41, 5.74) is 0. The van der Waals surface area contributed by atoms with Gasteiger partial charge in [0.05, 0.1) is 13.2 Å². The van der Waals surface area contributed by atoms with E-state index in [1.165, 1.54) is 19.3 Å². The number of hydrogen-bond acceptors (Lipinski definition) is 3. The Morgan fingerprint density at radius 2 is 1.73 bits per heavy atom. The Morgan fingerprint density at radius 1 is 0.909 bits per heavy atom. The highest BCUT2D eigenvalue weighted by atomic mass is 17.5. The Morgan fingerprint density at radius 3 is 2.36 bits per heavy atom. The van der Waals surface area contributed by atoms with E-state index in [2.05, 4.69) is 16.8 Å². The van der Waals surface area contributed by atoms with Crippen LogP contribution in [0.15, 0.2) is 0 Å². The summed E-state index contributed by atoms with van der Waals surface area (Å²) in [5.74, 6) is 0. The second kappa shape index (κ2) is 9.88. The summed E-state index contributed by atoms with van der Waals surface area (Å²) in [7, 11) is 0. The monoisotopic (exact) mass is 162 g/mol. The molecule has 0 aliphatic rings. The first-order chi connectivity index (χ1) is 5.41. The number of unbranched alkanes of at least 4 members (excludes halogenated alkanes) is 3. The zero-order valence-corrected chi connectivity index (χ0v) is 7.47. The van der Waals surface area contributed by atoms with Gasteiger partial charge in [-0.2, -0.15) is 0 Å². The lowest BCUT2D eigenvalue weighted by Gasteiger charge is -2.00. The molecular formula is C8H18O3. The molecule has 0 saturated carbocycles. The van der Waals surface area contributed by atoms with Gasteiger partial charge in [0.25, 0.3) is 0 Å². The molecule has 0 unspecified atom stereocenters. The third-order valence-electron chi connectivity index (χ3n) is 1.30. The first-order valence-corrected chi connectivity index (χ1v) is 4.32. The summed E-state index contributed by atoms with van der Waals surface area (Å²) in [5, 5.41) is 4.36. The molecule has 0 N–H and O–H groups in total. The van der Waals surface area contributed by atoms with E-state index in [0.717, 1.165) is 6.42 Å². The van der Waals surface area contributed by atoms with Crippen LogP contribution in [-0.4, -0.2) is 13.2 Å². The van der Waals surface area contributed by atoms with Gasteiger partial charge in [-0.15, -0.1) is 0 Å². The molecule has 0 aromatic carbocycles. The predicted molar refractivity (Wildman–Crippen MR) is 42.8 cm³/mol. The highest BCUT2D eigenvalue weighted by molar-refractivity contribution is 4.36. The van der Waals surface area contributed by atoms with E-state index in [0.29, 0.717) is 13.2 Å². The normalized spacial score (nSPS) is 10.4. The minimum atomic E-state index is 0.523. The maximum atomic E-state index is 4.70. The molecule has 0 aliphatic heterocycles. The molecule has 0 amide bonds. The summed E-state index contributed by atoms with van der Waals surface area (Å²) in [4.78, 5) is 9.22. The summed E-state index contributed by atoms with van der Waals surface area (Å²) in [6, 6.07) is 0. The van der Waals surface area contributed by atoms with Crippen LogP contribution in [0.2, 0.25) is 0 Å². The average molecular weight is 162 g/mol. The van der Waals surface area contributed by atoms with Gasteiger partial charge in [-0.3, -0.25) is 0 Å². The zero-order chi connectivity index (χ0) is 8.36. The molecule has 0 rings (SSSR count). The largest absolute Gasteiger partial charge is 0.206 e. The maximum absolute atomic E-state index is 4.70. The van der Waals surface area contributed by atoms with Gasteiger partial charge in [0, 0.05) is 0 Å². The van der Waals surface area contributed by atoms with Gasteiger partial charge in [0.2, 0.25) is 0 Å². The molecule has 0 aromatic heterocycles. The molecule has 0 aromatic rings. The van der Waals surface area contributed by atoms with Gasteiger partial charge in [-0.25, -0.2) is 9.78 Å². The Balaban J connectivity index is 2.69. The van der Waals surface area contributed by atoms with Crippen molar-refractivity contribution in [2.24, 2.45) is 0 Å². The quantitative estimate of drug-likeness (QED) is 0.312. The van der Waals surface area contributed by atoms with Gasteiger partial charge >= 0.3 is 0 Å². The van der Waals surface area contributed by atoms with Crippen molar-refractivity contribution in [3.8, 4) is 0 Å². The van der Waals surface area contributed by atoms with Crippen molar-refractivity contribution in [1.29, 1.82) is 0 Å². The predicted octanol–water partition coefficient (Wildman–Crippen LogP) is 2.47. The van der Waals surface area contributed by atoms with Crippen molar-refractivity contribution >= 4 is 0 Å². The van der Waals surface area contributed by atoms with E-state index in [1.54, 1.807) is 0 Å². The summed E-state index contributed by atoms with van der Waals surface area (Å²) in [6.45, 7) is 5.17. The van der Waals surface area contributed by atoms with E-state index in [4.69, 9.17) is 4.89 Å². The van der Waals surface area contributed by atoms with Crippen molar-refractivity contribution in [3.05, 3.63) is 0 Å².